The van der Waals surface area contributed by atoms with E-state index in [1.165, 1.54) is 5.56 Å². The second-order valence-electron chi connectivity index (χ2n) is 5.48. The van der Waals surface area contributed by atoms with Crippen LogP contribution >= 0.6 is 0 Å². The van der Waals surface area contributed by atoms with E-state index in [0.29, 0.717) is 12.2 Å². The molecule has 4 heteroatoms. The van der Waals surface area contributed by atoms with Gasteiger partial charge in [0.05, 0.1) is 7.11 Å². The van der Waals surface area contributed by atoms with Gasteiger partial charge in [0.1, 0.15) is 11.4 Å². The average molecular weight is 308 g/mol. The molecule has 1 aromatic heterocycles. The Bertz CT molecular complexity index is 793. The van der Waals surface area contributed by atoms with Gasteiger partial charge in [0.2, 0.25) is 0 Å². The van der Waals surface area contributed by atoms with Crippen LogP contribution in [0, 0.1) is 0 Å². The highest BCUT2D eigenvalue weighted by molar-refractivity contribution is 5.98. The average Bonchev–Trinajstić information content (AvgIpc) is 3.02. The van der Waals surface area contributed by atoms with Gasteiger partial charge in [-0.25, -0.2) is 0 Å². The van der Waals surface area contributed by atoms with Gasteiger partial charge >= 0.3 is 0 Å². The lowest BCUT2D eigenvalue weighted by Gasteiger charge is -2.04. The number of H-pyrrole nitrogens is 1. The Balaban J connectivity index is 1.55. The summed E-state index contributed by atoms with van der Waals surface area (Å²) in [6.45, 7) is 0.659. The molecule has 1 amide bonds. The minimum Gasteiger partial charge on any atom is -0.497 e. The normalized spacial score (nSPS) is 10.7. The number of hydrogen-bond acceptors (Lipinski definition) is 2. The van der Waals surface area contributed by atoms with Crippen molar-refractivity contribution < 1.29 is 9.53 Å². The first-order valence-corrected chi connectivity index (χ1v) is 7.75. The molecule has 0 aliphatic rings. The third-order valence-electron chi connectivity index (χ3n) is 3.84. The minimum absolute atomic E-state index is 0.0757. The molecule has 3 aromatic rings. The Hall–Kier alpha value is -2.75. The van der Waals surface area contributed by atoms with E-state index >= 15 is 0 Å². The molecule has 118 valence electrons. The first kappa shape index (κ1) is 15.2. The number of hydrogen-bond donors (Lipinski definition) is 2. The van der Waals surface area contributed by atoms with Crippen molar-refractivity contribution in [3.05, 3.63) is 65.9 Å². The second kappa shape index (κ2) is 7.01. The zero-order valence-electron chi connectivity index (χ0n) is 13.1. The van der Waals surface area contributed by atoms with E-state index in [0.717, 1.165) is 29.5 Å². The number of ether oxygens (including phenoxy) is 1. The summed E-state index contributed by atoms with van der Waals surface area (Å²) >= 11 is 0. The van der Waals surface area contributed by atoms with Gasteiger partial charge in [-0.05, 0) is 42.7 Å². The van der Waals surface area contributed by atoms with Gasteiger partial charge in [0.15, 0.2) is 0 Å². The van der Waals surface area contributed by atoms with E-state index in [1.54, 1.807) is 7.11 Å². The summed E-state index contributed by atoms with van der Waals surface area (Å²) in [5, 5.41) is 3.93. The molecule has 0 unspecified atom stereocenters. The lowest BCUT2D eigenvalue weighted by Crippen LogP contribution is -2.25. The first-order chi connectivity index (χ1) is 11.3. The molecular formula is C19H20N2O2. The highest BCUT2D eigenvalue weighted by atomic mass is 16.5. The Morgan fingerprint density at radius 1 is 1.13 bits per heavy atom. The number of aryl methyl sites for hydroxylation is 1. The zero-order chi connectivity index (χ0) is 16.1. The van der Waals surface area contributed by atoms with Crippen molar-refractivity contribution in [1.29, 1.82) is 0 Å². The molecule has 0 fully saturated rings. The van der Waals surface area contributed by atoms with Gasteiger partial charge in [-0.2, -0.15) is 0 Å². The molecule has 23 heavy (non-hydrogen) atoms. The molecule has 0 aliphatic carbocycles. The molecule has 0 atom stereocenters. The van der Waals surface area contributed by atoms with Crippen molar-refractivity contribution in [3.8, 4) is 5.75 Å². The van der Waals surface area contributed by atoms with Crippen LogP contribution < -0.4 is 10.1 Å². The van der Waals surface area contributed by atoms with Crippen molar-refractivity contribution in [3.63, 3.8) is 0 Å². The van der Waals surface area contributed by atoms with Crippen molar-refractivity contribution in [2.45, 2.75) is 12.8 Å². The first-order valence-electron chi connectivity index (χ1n) is 7.75. The van der Waals surface area contributed by atoms with E-state index < -0.39 is 0 Å². The van der Waals surface area contributed by atoms with Crippen molar-refractivity contribution in [2.75, 3.05) is 13.7 Å². The fourth-order valence-electron chi connectivity index (χ4n) is 2.59. The summed E-state index contributed by atoms with van der Waals surface area (Å²) in [5.41, 5.74) is 2.80. The van der Waals surface area contributed by atoms with E-state index in [1.807, 2.05) is 42.5 Å². The van der Waals surface area contributed by atoms with E-state index in [2.05, 4.69) is 22.4 Å². The maximum absolute atomic E-state index is 12.2. The summed E-state index contributed by atoms with van der Waals surface area (Å²) < 4.78 is 5.20. The van der Waals surface area contributed by atoms with Crippen LogP contribution in [0.15, 0.2) is 54.6 Å². The number of benzene rings is 2. The quantitative estimate of drug-likeness (QED) is 0.684. The number of aromatic amines is 1. The zero-order valence-corrected chi connectivity index (χ0v) is 13.1. The molecule has 0 aliphatic heterocycles. The SMILES string of the molecule is COc1ccc2[nH]c(C(=O)NCCCc3ccccc3)cc2c1. The molecule has 3 rings (SSSR count). The van der Waals surface area contributed by atoms with Crippen LogP contribution in [0.5, 0.6) is 5.75 Å². The molecule has 4 nitrogen and oxygen atoms in total. The Labute approximate surface area is 135 Å². The molecule has 2 aromatic carbocycles. The van der Waals surface area contributed by atoms with Crippen molar-refractivity contribution in [2.24, 2.45) is 0 Å². The molecule has 0 bridgehead atoms. The topological polar surface area (TPSA) is 54.1 Å². The lowest BCUT2D eigenvalue weighted by molar-refractivity contribution is 0.0949. The molecule has 0 spiro atoms. The summed E-state index contributed by atoms with van der Waals surface area (Å²) in [4.78, 5) is 15.3. The lowest BCUT2D eigenvalue weighted by atomic mass is 10.1. The number of amides is 1. The Kier molecular flexibility index (Phi) is 4.62. The fourth-order valence-corrected chi connectivity index (χ4v) is 2.59. The van der Waals surface area contributed by atoms with Gasteiger partial charge in [0.25, 0.3) is 5.91 Å². The van der Waals surface area contributed by atoms with Crippen LogP contribution in [0.25, 0.3) is 10.9 Å². The van der Waals surface area contributed by atoms with Gasteiger partial charge in [-0.1, -0.05) is 30.3 Å². The molecule has 0 saturated carbocycles. The molecule has 1 heterocycles. The van der Waals surface area contributed by atoms with Crippen LogP contribution in [0.1, 0.15) is 22.5 Å². The van der Waals surface area contributed by atoms with Crippen LogP contribution in [-0.2, 0) is 6.42 Å². The molecule has 0 saturated heterocycles. The van der Waals surface area contributed by atoms with Crippen LogP contribution in [0.4, 0.5) is 0 Å². The van der Waals surface area contributed by atoms with Gasteiger partial charge < -0.3 is 15.0 Å². The van der Waals surface area contributed by atoms with Crippen LogP contribution in [0.3, 0.4) is 0 Å². The summed E-state index contributed by atoms with van der Waals surface area (Å²) in [6, 6.07) is 17.8. The van der Waals surface area contributed by atoms with Gasteiger partial charge in [0, 0.05) is 17.4 Å². The smallest absolute Gasteiger partial charge is 0.267 e. The van der Waals surface area contributed by atoms with Gasteiger partial charge in [-0.15, -0.1) is 0 Å². The standard InChI is InChI=1S/C19H20N2O2/c1-23-16-9-10-17-15(12-16)13-18(21-17)19(22)20-11-5-8-14-6-3-2-4-7-14/h2-4,6-7,9-10,12-13,21H,5,8,11H2,1H3,(H,20,22). The number of nitrogens with one attached hydrogen (secondary N) is 2. The monoisotopic (exact) mass is 308 g/mol. The third kappa shape index (κ3) is 3.72. The van der Waals surface area contributed by atoms with Crippen LogP contribution in [0.2, 0.25) is 0 Å². The Morgan fingerprint density at radius 2 is 1.96 bits per heavy atom. The number of methoxy groups -OCH3 is 1. The molecule has 2 N–H and O–H groups in total. The van der Waals surface area contributed by atoms with Crippen molar-refractivity contribution in [1.82, 2.24) is 10.3 Å². The maximum atomic E-state index is 12.2. The summed E-state index contributed by atoms with van der Waals surface area (Å²) in [6.07, 6.45) is 1.88. The highest BCUT2D eigenvalue weighted by Gasteiger charge is 2.09. The number of carbonyl (C=O) groups excluding carboxylic acids is 1. The number of rotatable bonds is 6. The Morgan fingerprint density at radius 3 is 2.74 bits per heavy atom. The predicted molar refractivity (Wildman–Crippen MR) is 91.9 cm³/mol. The van der Waals surface area contributed by atoms with E-state index in [4.69, 9.17) is 4.74 Å². The predicted octanol–water partition coefficient (Wildman–Crippen LogP) is 3.54. The third-order valence-corrected chi connectivity index (χ3v) is 3.84. The summed E-state index contributed by atoms with van der Waals surface area (Å²) in [7, 11) is 1.63. The number of carbonyl (C=O) groups is 1. The minimum atomic E-state index is -0.0757. The highest BCUT2D eigenvalue weighted by Crippen LogP contribution is 2.21. The second-order valence-corrected chi connectivity index (χ2v) is 5.48. The summed E-state index contributed by atoms with van der Waals surface area (Å²) in [5.74, 6) is 0.708. The largest absolute Gasteiger partial charge is 0.497 e. The van der Waals surface area contributed by atoms with Crippen LogP contribution in [-0.4, -0.2) is 24.5 Å². The van der Waals surface area contributed by atoms with E-state index in [9.17, 15) is 4.79 Å². The van der Waals surface area contributed by atoms with Crippen molar-refractivity contribution >= 4 is 16.8 Å². The fraction of sp³-hybridized carbons (Fsp3) is 0.211. The number of aromatic nitrogens is 1. The molecule has 0 radical (unpaired) electrons. The number of fused-ring (bicyclic) bond motifs is 1. The van der Waals surface area contributed by atoms with E-state index in [-0.39, 0.29) is 5.91 Å². The molecular weight excluding hydrogens is 288 g/mol. The maximum Gasteiger partial charge on any atom is 0.267 e. The van der Waals surface area contributed by atoms with Gasteiger partial charge in [-0.3, -0.25) is 4.79 Å².